The molecule has 0 radical (unpaired) electrons. The highest BCUT2D eigenvalue weighted by Crippen LogP contribution is 2.60. The van der Waals surface area contributed by atoms with Crippen LogP contribution in [0.1, 0.15) is 44.1 Å². The number of nitrogens with one attached hydrogen (secondary N) is 1. The summed E-state index contributed by atoms with van der Waals surface area (Å²) in [5, 5.41) is 1.92. The zero-order chi connectivity index (χ0) is 20.1. The smallest absolute Gasteiger partial charge is 0.418 e. The van der Waals surface area contributed by atoms with E-state index in [0.29, 0.717) is 17.8 Å². The number of esters is 1. The third-order valence-electron chi connectivity index (χ3n) is 6.39. The number of carbonyl (C=O) groups is 2. The molecular weight excluding hydrogens is 395 g/mol. The largest absolute Gasteiger partial charge is 0.455 e. The summed E-state index contributed by atoms with van der Waals surface area (Å²) in [4.78, 5) is 24.9. The van der Waals surface area contributed by atoms with Crippen LogP contribution >= 0.6 is 11.6 Å². The van der Waals surface area contributed by atoms with E-state index in [0.717, 1.165) is 31.4 Å². The quantitative estimate of drug-likeness (QED) is 0.699. The normalized spacial score (nSPS) is 30.9. The second kappa shape index (κ2) is 6.94. The van der Waals surface area contributed by atoms with Gasteiger partial charge in [-0.3, -0.25) is 9.59 Å². The number of carbonyl (C=O) groups excluding carboxylic acids is 2. The fourth-order valence-electron chi connectivity index (χ4n) is 5.71. The summed E-state index contributed by atoms with van der Waals surface area (Å²) in [7, 11) is 0. The van der Waals surface area contributed by atoms with Crippen LogP contribution in [0.15, 0.2) is 18.2 Å². The Hall–Kier alpha value is -1.76. The lowest BCUT2D eigenvalue weighted by Crippen LogP contribution is -2.50. The molecule has 4 saturated carbocycles. The molecule has 1 aromatic carbocycles. The second-order valence-corrected chi connectivity index (χ2v) is 8.89. The number of alkyl halides is 3. The van der Waals surface area contributed by atoms with Gasteiger partial charge in [0.1, 0.15) is 0 Å². The number of rotatable bonds is 4. The summed E-state index contributed by atoms with van der Waals surface area (Å²) in [5.74, 6) is 0.411. The molecule has 5 rings (SSSR count). The van der Waals surface area contributed by atoms with E-state index < -0.39 is 41.3 Å². The number of ether oxygens (including phenoxy) is 1. The number of para-hydroxylation sites is 1. The first kappa shape index (κ1) is 19.6. The third kappa shape index (κ3) is 3.61. The van der Waals surface area contributed by atoms with Crippen molar-refractivity contribution in [3.63, 3.8) is 0 Å². The van der Waals surface area contributed by atoms with Gasteiger partial charge in [0.2, 0.25) is 0 Å². The first-order valence-electron chi connectivity index (χ1n) is 9.49. The van der Waals surface area contributed by atoms with Crippen molar-refractivity contribution in [2.24, 2.45) is 23.2 Å². The topological polar surface area (TPSA) is 55.4 Å². The maximum absolute atomic E-state index is 13.1. The number of hydrogen-bond donors (Lipinski definition) is 1. The van der Waals surface area contributed by atoms with E-state index in [9.17, 15) is 22.8 Å². The van der Waals surface area contributed by atoms with Crippen molar-refractivity contribution in [3.8, 4) is 0 Å². The van der Waals surface area contributed by atoms with Gasteiger partial charge in [0, 0.05) is 0 Å². The van der Waals surface area contributed by atoms with Gasteiger partial charge in [0.15, 0.2) is 6.61 Å². The molecule has 0 heterocycles. The number of hydrogen-bond acceptors (Lipinski definition) is 3. The zero-order valence-electron chi connectivity index (χ0n) is 15.2. The van der Waals surface area contributed by atoms with Crippen LogP contribution in [0.5, 0.6) is 0 Å². The molecule has 0 aliphatic heterocycles. The standard InChI is InChI=1S/C20H21ClF3NO3/c21-15-3-1-2-14(20(22,23)24)17(15)25-16(26)10-28-18(27)19-7-11-4-12(8-19)6-13(5-11)9-19/h1-3,11-13H,4-10H2,(H,25,26). The van der Waals surface area contributed by atoms with Crippen molar-refractivity contribution in [2.45, 2.75) is 44.7 Å². The fraction of sp³-hybridized carbons (Fsp3) is 0.600. The molecule has 1 N–H and O–H groups in total. The fourth-order valence-corrected chi connectivity index (χ4v) is 5.93. The van der Waals surface area contributed by atoms with Crippen LogP contribution in [-0.4, -0.2) is 18.5 Å². The molecule has 152 valence electrons. The molecular formula is C20H21ClF3NO3. The predicted octanol–water partition coefficient (Wildman–Crippen LogP) is 5.06. The Kier molecular flexibility index (Phi) is 4.84. The SMILES string of the molecule is O=C(COC(=O)C12CC3CC(CC(C3)C1)C2)Nc1c(Cl)cccc1C(F)(F)F. The number of amides is 1. The van der Waals surface area contributed by atoms with E-state index in [1.165, 1.54) is 25.3 Å². The highest BCUT2D eigenvalue weighted by atomic mass is 35.5. The molecule has 4 nitrogen and oxygen atoms in total. The van der Waals surface area contributed by atoms with Crippen LogP contribution in [0.4, 0.5) is 18.9 Å². The Morgan fingerprint density at radius 3 is 2.21 bits per heavy atom. The van der Waals surface area contributed by atoms with Gasteiger partial charge in [-0.2, -0.15) is 13.2 Å². The predicted molar refractivity (Wildman–Crippen MR) is 96.6 cm³/mol. The van der Waals surface area contributed by atoms with Crippen LogP contribution in [0.3, 0.4) is 0 Å². The molecule has 1 aromatic rings. The summed E-state index contributed by atoms with van der Waals surface area (Å²) >= 11 is 5.83. The molecule has 0 saturated heterocycles. The monoisotopic (exact) mass is 415 g/mol. The van der Waals surface area contributed by atoms with E-state index in [1.807, 2.05) is 0 Å². The molecule has 4 bridgehead atoms. The van der Waals surface area contributed by atoms with Crippen molar-refractivity contribution in [2.75, 3.05) is 11.9 Å². The summed E-state index contributed by atoms with van der Waals surface area (Å²) in [5.41, 5.74) is -2.08. The highest BCUT2D eigenvalue weighted by Gasteiger charge is 2.55. The van der Waals surface area contributed by atoms with E-state index >= 15 is 0 Å². The van der Waals surface area contributed by atoms with Gasteiger partial charge in [-0.25, -0.2) is 0 Å². The summed E-state index contributed by atoms with van der Waals surface area (Å²) in [6.45, 7) is -0.622. The molecule has 4 aliphatic carbocycles. The Bertz CT molecular complexity index is 773. The Labute approximate surface area is 165 Å². The first-order valence-corrected chi connectivity index (χ1v) is 9.87. The summed E-state index contributed by atoms with van der Waals surface area (Å²) < 4.78 is 44.6. The summed E-state index contributed by atoms with van der Waals surface area (Å²) in [6, 6.07) is 3.25. The summed E-state index contributed by atoms with van der Waals surface area (Å²) in [6.07, 6.45) is 1.22. The number of halogens is 4. The van der Waals surface area contributed by atoms with Gasteiger partial charge >= 0.3 is 12.1 Å². The minimum absolute atomic E-state index is 0.226. The van der Waals surface area contributed by atoms with Crippen molar-refractivity contribution in [1.29, 1.82) is 0 Å². The van der Waals surface area contributed by atoms with E-state index in [-0.39, 0.29) is 5.02 Å². The van der Waals surface area contributed by atoms with Crippen molar-refractivity contribution >= 4 is 29.2 Å². The van der Waals surface area contributed by atoms with Gasteiger partial charge < -0.3 is 10.1 Å². The molecule has 4 fully saturated rings. The molecule has 8 heteroatoms. The van der Waals surface area contributed by atoms with Gasteiger partial charge in [0.05, 0.1) is 21.7 Å². The van der Waals surface area contributed by atoms with Gasteiger partial charge in [0.25, 0.3) is 5.91 Å². The minimum Gasteiger partial charge on any atom is -0.455 e. The molecule has 0 aromatic heterocycles. The minimum atomic E-state index is -4.66. The van der Waals surface area contributed by atoms with Gasteiger partial charge in [-0.15, -0.1) is 0 Å². The number of anilines is 1. The van der Waals surface area contributed by atoms with Crippen LogP contribution in [0, 0.1) is 23.2 Å². The number of benzene rings is 1. The molecule has 28 heavy (non-hydrogen) atoms. The molecule has 1 amide bonds. The Morgan fingerprint density at radius 1 is 1.11 bits per heavy atom. The zero-order valence-corrected chi connectivity index (χ0v) is 15.9. The lowest BCUT2D eigenvalue weighted by atomic mass is 9.49. The van der Waals surface area contributed by atoms with Crippen molar-refractivity contribution in [3.05, 3.63) is 28.8 Å². The second-order valence-electron chi connectivity index (χ2n) is 8.48. The van der Waals surface area contributed by atoms with Crippen LogP contribution in [0.25, 0.3) is 0 Å². The Morgan fingerprint density at radius 2 is 1.68 bits per heavy atom. The first-order chi connectivity index (χ1) is 13.2. The Balaban J connectivity index is 1.40. The molecule has 0 unspecified atom stereocenters. The lowest BCUT2D eigenvalue weighted by molar-refractivity contribution is -0.172. The van der Waals surface area contributed by atoms with E-state index in [2.05, 4.69) is 5.32 Å². The maximum Gasteiger partial charge on any atom is 0.418 e. The van der Waals surface area contributed by atoms with Crippen molar-refractivity contribution in [1.82, 2.24) is 0 Å². The van der Waals surface area contributed by atoms with Crippen molar-refractivity contribution < 1.29 is 27.5 Å². The lowest BCUT2D eigenvalue weighted by Gasteiger charge is -2.55. The average molecular weight is 416 g/mol. The maximum atomic E-state index is 13.1. The van der Waals surface area contributed by atoms with Crippen LogP contribution in [-0.2, 0) is 20.5 Å². The highest BCUT2D eigenvalue weighted by molar-refractivity contribution is 6.34. The van der Waals surface area contributed by atoms with Gasteiger partial charge in [-0.05, 0) is 68.4 Å². The average Bonchev–Trinajstić information content (AvgIpc) is 2.59. The molecule has 0 spiro atoms. The van der Waals surface area contributed by atoms with Crippen LogP contribution in [0.2, 0.25) is 5.02 Å². The van der Waals surface area contributed by atoms with Crippen LogP contribution < -0.4 is 5.32 Å². The van der Waals surface area contributed by atoms with Gasteiger partial charge in [-0.1, -0.05) is 17.7 Å². The van der Waals surface area contributed by atoms with E-state index in [1.54, 1.807) is 0 Å². The molecule has 0 atom stereocenters. The van der Waals surface area contributed by atoms with E-state index in [4.69, 9.17) is 16.3 Å². The molecule has 4 aliphatic rings. The third-order valence-corrected chi connectivity index (χ3v) is 6.70.